The fourth-order valence-electron chi connectivity index (χ4n) is 2.44. The number of benzene rings is 2. The molecule has 21 heavy (non-hydrogen) atoms. The average molecular weight is 345 g/mol. The third kappa shape index (κ3) is 2.97. The maximum absolute atomic E-state index is 12.5. The summed E-state index contributed by atoms with van der Waals surface area (Å²) < 4.78 is 0.891. The van der Waals surface area contributed by atoms with Gasteiger partial charge in [0.25, 0.3) is 0 Å². The Balaban J connectivity index is 1.86. The van der Waals surface area contributed by atoms with Crippen LogP contribution in [0.25, 0.3) is 0 Å². The van der Waals surface area contributed by atoms with Gasteiger partial charge in [-0.2, -0.15) is 0 Å². The van der Waals surface area contributed by atoms with Gasteiger partial charge in [0.1, 0.15) is 0 Å². The highest BCUT2D eigenvalue weighted by atomic mass is 79.9. The molecular formula is C16H13BrN2O2. The molecule has 0 bridgehead atoms. The summed E-state index contributed by atoms with van der Waals surface area (Å²) in [6.45, 7) is 0. The van der Waals surface area contributed by atoms with Gasteiger partial charge in [0.15, 0.2) is 0 Å². The molecule has 1 heterocycles. The zero-order chi connectivity index (χ0) is 14.8. The highest BCUT2D eigenvalue weighted by Crippen LogP contribution is 2.32. The van der Waals surface area contributed by atoms with Gasteiger partial charge in [0, 0.05) is 22.3 Å². The fraction of sp³-hybridized carbons (Fsp3) is 0.125. The molecule has 0 fully saturated rings. The van der Waals surface area contributed by atoms with Gasteiger partial charge in [-0.3, -0.25) is 9.59 Å². The number of carbonyl (C=O) groups excluding carboxylic acids is 2. The minimum atomic E-state index is -0.464. The highest BCUT2D eigenvalue weighted by Gasteiger charge is 2.30. The molecule has 0 spiro atoms. The molecule has 2 aromatic carbocycles. The van der Waals surface area contributed by atoms with Crippen LogP contribution in [0.4, 0.5) is 11.4 Å². The number of para-hydroxylation sites is 1. The molecule has 1 aliphatic rings. The molecule has 0 saturated carbocycles. The summed E-state index contributed by atoms with van der Waals surface area (Å²) in [6.07, 6.45) is 0.164. The fourth-order valence-corrected chi connectivity index (χ4v) is 2.84. The molecule has 0 radical (unpaired) electrons. The van der Waals surface area contributed by atoms with Crippen molar-refractivity contribution in [3.05, 3.63) is 58.6 Å². The number of carbonyl (C=O) groups is 2. The van der Waals surface area contributed by atoms with E-state index in [9.17, 15) is 9.59 Å². The predicted molar refractivity (Wildman–Crippen MR) is 85.2 cm³/mol. The summed E-state index contributed by atoms with van der Waals surface area (Å²) in [4.78, 5) is 24.2. The van der Waals surface area contributed by atoms with Gasteiger partial charge in [-0.25, -0.2) is 0 Å². The second kappa shape index (κ2) is 5.69. The number of fused-ring (bicyclic) bond motifs is 1. The van der Waals surface area contributed by atoms with Crippen molar-refractivity contribution in [2.45, 2.75) is 12.3 Å². The van der Waals surface area contributed by atoms with Gasteiger partial charge < -0.3 is 10.6 Å². The van der Waals surface area contributed by atoms with E-state index >= 15 is 0 Å². The number of anilines is 2. The van der Waals surface area contributed by atoms with Gasteiger partial charge in [-0.05, 0) is 29.8 Å². The van der Waals surface area contributed by atoms with Gasteiger partial charge in [-0.1, -0.05) is 40.2 Å². The van der Waals surface area contributed by atoms with Gasteiger partial charge in [-0.15, -0.1) is 0 Å². The van der Waals surface area contributed by atoms with E-state index in [2.05, 4.69) is 26.6 Å². The largest absolute Gasteiger partial charge is 0.326 e. The van der Waals surface area contributed by atoms with Gasteiger partial charge in [0.05, 0.1) is 5.92 Å². The summed E-state index contributed by atoms with van der Waals surface area (Å²) in [7, 11) is 0. The number of halogens is 1. The Bertz CT molecular complexity index is 715. The van der Waals surface area contributed by atoms with Crippen LogP contribution in [0, 0.1) is 0 Å². The van der Waals surface area contributed by atoms with Crippen LogP contribution in [-0.2, 0) is 9.59 Å². The highest BCUT2D eigenvalue weighted by molar-refractivity contribution is 9.10. The van der Waals surface area contributed by atoms with Crippen LogP contribution in [0.2, 0.25) is 0 Å². The maximum Gasteiger partial charge on any atom is 0.232 e. The smallest absolute Gasteiger partial charge is 0.232 e. The second-order valence-corrected chi connectivity index (χ2v) is 5.81. The molecule has 2 amide bonds. The van der Waals surface area contributed by atoms with Crippen LogP contribution in [0.5, 0.6) is 0 Å². The lowest BCUT2D eigenvalue weighted by atomic mass is 9.90. The van der Waals surface area contributed by atoms with Crippen molar-refractivity contribution in [1.82, 2.24) is 0 Å². The van der Waals surface area contributed by atoms with Crippen LogP contribution >= 0.6 is 15.9 Å². The van der Waals surface area contributed by atoms with Crippen molar-refractivity contribution < 1.29 is 9.59 Å². The standard InChI is InChI=1S/C16H13BrN2O2/c17-10-4-3-5-11(8-10)18-16(21)13-9-15(20)19-14-7-2-1-6-12(13)14/h1-8,13H,9H2,(H,18,21)(H,19,20). The molecule has 1 aliphatic heterocycles. The van der Waals surface area contributed by atoms with Crippen LogP contribution in [-0.4, -0.2) is 11.8 Å². The SMILES string of the molecule is O=C1CC(C(=O)Nc2cccc(Br)c2)c2ccccc2N1. The molecule has 2 N–H and O–H groups in total. The minimum Gasteiger partial charge on any atom is -0.326 e. The molecule has 1 unspecified atom stereocenters. The first-order valence-electron chi connectivity index (χ1n) is 6.59. The molecule has 0 aromatic heterocycles. The number of hydrogen-bond acceptors (Lipinski definition) is 2. The summed E-state index contributed by atoms with van der Waals surface area (Å²) in [5.74, 6) is -0.771. The zero-order valence-electron chi connectivity index (χ0n) is 11.1. The monoisotopic (exact) mass is 344 g/mol. The van der Waals surface area contributed by atoms with Crippen molar-refractivity contribution in [3.63, 3.8) is 0 Å². The lowest BCUT2D eigenvalue weighted by Crippen LogP contribution is -2.30. The third-order valence-corrected chi connectivity index (χ3v) is 3.90. The molecule has 4 nitrogen and oxygen atoms in total. The predicted octanol–water partition coefficient (Wildman–Crippen LogP) is 3.51. The number of nitrogens with one attached hydrogen (secondary N) is 2. The Hall–Kier alpha value is -2.14. The van der Waals surface area contributed by atoms with Crippen molar-refractivity contribution in [2.75, 3.05) is 10.6 Å². The van der Waals surface area contributed by atoms with E-state index in [1.165, 1.54) is 0 Å². The molecule has 0 aliphatic carbocycles. The van der Waals surface area contributed by atoms with Gasteiger partial charge >= 0.3 is 0 Å². The van der Waals surface area contributed by atoms with Crippen molar-refractivity contribution in [3.8, 4) is 0 Å². The Morgan fingerprint density at radius 2 is 2.00 bits per heavy atom. The number of hydrogen-bond donors (Lipinski definition) is 2. The van der Waals surface area contributed by atoms with Crippen LogP contribution in [0.15, 0.2) is 53.0 Å². The van der Waals surface area contributed by atoms with Crippen molar-refractivity contribution in [1.29, 1.82) is 0 Å². The lowest BCUT2D eigenvalue weighted by Gasteiger charge is -2.24. The normalized spacial score (nSPS) is 16.8. The molecule has 3 rings (SSSR count). The zero-order valence-corrected chi connectivity index (χ0v) is 12.7. The summed E-state index contributed by atoms with van der Waals surface area (Å²) >= 11 is 3.37. The Morgan fingerprint density at radius 1 is 1.19 bits per heavy atom. The third-order valence-electron chi connectivity index (χ3n) is 3.41. The second-order valence-electron chi connectivity index (χ2n) is 4.89. The van der Waals surface area contributed by atoms with E-state index in [0.717, 1.165) is 10.0 Å². The van der Waals surface area contributed by atoms with Gasteiger partial charge in [0.2, 0.25) is 11.8 Å². The maximum atomic E-state index is 12.5. The minimum absolute atomic E-state index is 0.136. The van der Waals surface area contributed by atoms with E-state index in [-0.39, 0.29) is 18.2 Å². The lowest BCUT2D eigenvalue weighted by molar-refractivity contribution is -0.123. The van der Waals surface area contributed by atoms with Crippen LogP contribution in [0.1, 0.15) is 17.9 Å². The van der Waals surface area contributed by atoms with Crippen LogP contribution < -0.4 is 10.6 Å². The molecule has 106 valence electrons. The van der Waals surface area contributed by atoms with Crippen LogP contribution in [0.3, 0.4) is 0 Å². The number of rotatable bonds is 2. The van der Waals surface area contributed by atoms with Crippen molar-refractivity contribution >= 4 is 39.1 Å². The van der Waals surface area contributed by atoms with E-state index in [0.29, 0.717) is 11.4 Å². The average Bonchev–Trinajstić information content (AvgIpc) is 2.46. The Labute approximate surface area is 130 Å². The summed E-state index contributed by atoms with van der Waals surface area (Å²) in [5, 5.41) is 5.66. The van der Waals surface area contributed by atoms with Crippen molar-refractivity contribution in [2.24, 2.45) is 0 Å². The van der Waals surface area contributed by atoms with E-state index < -0.39 is 5.92 Å². The van der Waals surface area contributed by atoms with E-state index in [4.69, 9.17) is 0 Å². The van der Waals surface area contributed by atoms with E-state index in [1.54, 1.807) is 0 Å². The first kappa shape index (κ1) is 13.8. The number of amides is 2. The quantitative estimate of drug-likeness (QED) is 0.875. The molecule has 2 aromatic rings. The topological polar surface area (TPSA) is 58.2 Å². The summed E-state index contributed by atoms with van der Waals surface area (Å²) in [6, 6.07) is 14.8. The molecule has 5 heteroatoms. The Morgan fingerprint density at radius 3 is 2.81 bits per heavy atom. The molecule has 0 saturated heterocycles. The molecular weight excluding hydrogens is 332 g/mol. The summed E-state index contributed by atoms with van der Waals surface area (Å²) in [5.41, 5.74) is 2.27. The first-order valence-corrected chi connectivity index (χ1v) is 7.38. The Kier molecular flexibility index (Phi) is 3.75. The van der Waals surface area contributed by atoms with E-state index in [1.807, 2.05) is 48.5 Å². The first-order chi connectivity index (χ1) is 10.1. The molecule has 1 atom stereocenters.